The predicted octanol–water partition coefficient (Wildman–Crippen LogP) is 6.65. The second-order valence-electron chi connectivity index (χ2n) is 14.2. The highest BCUT2D eigenvalue weighted by Gasteiger charge is 2.51. The van der Waals surface area contributed by atoms with E-state index in [2.05, 4.69) is 6.07 Å². The van der Waals surface area contributed by atoms with Crippen molar-refractivity contribution < 1.29 is 37.4 Å². The summed E-state index contributed by atoms with van der Waals surface area (Å²) in [6.45, 7) is 6.54. The molecule has 0 radical (unpaired) electrons. The van der Waals surface area contributed by atoms with Gasteiger partial charge in [0.2, 0.25) is 11.8 Å². The number of halogens is 2. The molecule has 9 nitrogen and oxygen atoms in total. The zero-order valence-electron chi connectivity index (χ0n) is 29.1. The van der Waals surface area contributed by atoms with Gasteiger partial charge in [0, 0.05) is 45.1 Å². The van der Waals surface area contributed by atoms with Crippen LogP contribution < -0.4 is 14.5 Å². The molecule has 2 fully saturated rings. The normalized spacial score (nSPS) is 20.2. The van der Waals surface area contributed by atoms with Crippen molar-refractivity contribution in [1.82, 2.24) is 4.90 Å². The van der Waals surface area contributed by atoms with E-state index in [0.29, 0.717) is 25.1 Å². The van der Waals surface area contributed by atoms with E-state index in [0.717, 1.165) is 34.4 Å². The number of carbonyl (C=O) groups excluding carboxylic acids is 3. The second-order valence-corrected chi connectivity index (χ2v) is 14.2. The van der Waals surface area contributed by atoms with Crippen molar-refractivity contribution in [3.8, 4) is 16.9 Å². The Morgan fingerprint density at radius 2 is 1.72 bits per heavy atom. The van der Waals surface area contributed by atoms with Crippen molar-refractivity contribution in [3.63, 3.8) is 0 Å². The summed E-state index contributed by atoms with van der Waals surface area (Å²) >= 11 is 0. The molecule has 0 unspecified atom stereocenters. The average molecular weight is 690 g/mol. The Bertz CT molecular complexity index is 1710. The molecule has 1 saturated heterocycles. The van der Waals surface area contributed by atoms with Crippen LogP contribution in [0.15, 0.2) is 72.8 Å². The van der Waals surface area contributed by atoms with E-state index < -0.39 is 23.5 Å². The lowest BCUT2D eigenvalue weighted by atomic mass is 9.78. The van der Waals surface area contributed by atoms with Crippen LogP contribution in [0.5, 0.6) is 5.75 Å². The van der Waals surface area contributed by atoms with Crippen LogP contribution >= 0.6 is 0 Å². The van der Waals surface area contributed by atoms with Crippen molar-refractivity contribution in [2.75, 3.05) is 49.8 Å². The molecule has 3 aliphatic rings. The average Bonchev–Trinajstić information content (AvgIpc) is 3.94. The zero-order chi connectivity index (χ0) is 35.6. The third kappa shape index (κ3) is 7.84. The smallest absolute Gasteiger partial charge is 0.423 e. The van der Waals surface area contributed by atoms with E-state index in [1.807, 2.05) is 69.3 Å². The maximum Gasteiger partial charge on any atom is 0.482 e. The Morgan fingerprint density at radius 3 is 2.42 bits per heavy atom. The highest BCUT2D eigenvalue weighted by molar-refractivity contribution is 6.03. The molecule has 0 spiro atoms. The van der Waals surface area contributed by atoms with E-state index in [1.165, 1.54) is 13.2 Å². The van der Waals surface area contributed by atoms with Crippen molar-refractivity contribution in [1.29, 1.82) is 0 Å². The first-order valence-corrected chi connectivity index (χ1v) is 17.3. The first-order valence-electron chi connectivity index (χ1n) is 17.3. The van der Waals surface area contributed by atoms with Gasteiger partial charge in [-0.1, -0.05) is 54.6 Å². The number of methoxy groups -OCH3 is 1. The van der Waals surface area contributed by atoms with Crippen molar-refractivity contribution in [2.45, 2.75) is 70.1 Å². The number of benzene rings is 3. The van der Waals surface area contributed by atoms with Crippen LogP contribution in [0.25, 0.3) is 11.1 Å². The van der Waals surface area contributed by atoms with Gasteiger partial charge >= 0.3 is 12.0 Å². The molecule has 3 aromatic rings. The minimum absolute atomic E-state index is 0.00435. The minimum atomic E-state index is -4.01. The van der Waals surface area contributed by atoms with E-state index in [1.54, 1.807) is 21.9 Å². The largest absolute Gasteiger partial charge is 0.482 e. The number of ether oxygens (including phenoxy) is 3. The van der Waals surface area contributed by atoms with E-state index >= 15 is 0 Å². The van der Waals surface area contributed by atoms with Crippen LogP contribution in [0.1, 0.15) is 57.9 Å². The fraction of sp³-hybridized carbons (Fsp3) is 0.462. The van der Waals surface area contributed by atoms with Gasteiger partial charge in [0.25, 0.3) is 0 Å². The molecule has 1 aliphatic carbocycles. The third-order valence-electron chi connectivity index (χ3n) is 9.46. The molecule has 50 heavy (non-hydrogen) atoms. The van der Waals surface area contributed by atoms with Crippen LogP contribution in [-0.4, -0.2) is 80.3 Å². The van der Waals surface area contributed by atoms with Gasteiger partial charge < -0.3 is 28.9 Å². The van der Waals surface area contributed by atoms with Gasteiger partial charge in [-0.25, -0.2) is 0 Å². The lowest BCUT2D eigenvalue weighted by Crippen LogP contribution is -2.52. The quantitative estimate of drug-likeness (QED) is 0.210. The van der Waals surface area contributed by atoms with Gasteiger partial charge in [0.15, 0.2) is 5.75 Å². The molecule has 2 heterocycles. The summed E-state index contributed by atoms with van der Waals surface area (Å²) in [6, 6.07) is 22.8. The van der Waals surface area contributed by atoms with Gasteiger partial charge in [-0.05, 0) is 87.3 Å². The monoisotopic (exact) mass is 689 g/mol. The molecule has 2 atom stereocenters. The summed E-state index contributed by atoms with van der Waals surface area (Å²) in [5.74, 6) is -2.71. The lowest BCUT2D eigenvalue weighted by Gasteiger charge is -2.41. The van der Waals surface area contributed by atoms with Crippen LogP contribution in [0.2, 0.25) is 0 Å². The molecule has 6 rings (SSSR count). The van der Waals surface area contributed by atoms with E-state index in [9.17, 15) is 23.2 Å². The SMILES string of the molecule is COCCCN1C(=O)C(F)(F)Oc2ccc(N(C(=O)[C@H]3CN(C(=O)COC(C)(C)C)CC[C@@H]3c3cccc(-c4ccccc4)c3)C3CC3)cc21. The maximum absolute atomic E-state index is 14.9. The number of nitrogens with zero attached hydrogens (tertiary/aromatic N) is 3. The van der Waals surface area contributed by atoms with Gasteiger partial charge in [-0.2, -0.15) is 8.78 Å². The summed E-state index contributed by atoms with van der Waals surface area (Å²) < 4.78 is 45.0. The molecule has 0 N–H and O–H groups in total. The molecule has 266 valence electrons. The fourth-order valence-corrected chi connectivity index (χ4v) is 6.80. The second kappa shape index (κ2) is 14.5. The Morgan fingerprint density at radius 1 is 0.980 bits per heavy atom. The molecular formula is C39H45F2N3O6. The number of alkyl halides is 2. The Hall–Kier alpha value is -4.35. The van der Waals surface area contributed by atoms with Crippen LogP contribution in [-0.2, 0) is 23.9 Å². The number of piperidine rings is 1. The topological polar surface area (TPSA) is 88.6 Å². The summed E-state index contributed by atoms with van der Waals surface area (Å²) in [7, 11) is 1.50. The standard InChI is InChI=1S/C39H45F2N3O6/c1-38(2,3)49-25-35(45)42-20-18-31(28-13-8-12-27(22-28)26-10-6-5-7-11-26)32(24-42)36(46)44(29-14-15-29)30-16-17-34-33(23-30)43(19-9-21-48-4)37(47)39(40,41)50-34/h5-8,10-13,16-17,22-23,29,31-32H,9,14-15,18-21,24-25H2,1-4H3/t31-,32+/m1/s1. The van der Waals surface area contributed by atoms with Crippen LogP contribution in [0, 0.1) is 5.92 Å². The van der Waals surface area contributed by atoms with Gasteiger partial charge in [-0.3, -0.25) is 14.4 Å². The number of anilines is 2. The predicted molar refractivity (Wildman–Crippen MR) is 186 cm³/mol. The van der Waals surface area contributed by atoms with Crippen LogP contribution in [0.3, 0.4) is 0 Å². The van der Waals surface area contributed by atoms with Gasteiger partial charge in [-0.15, -0.1) is 0 Å². The summed E-state index contributed by atoms with van der Waals surface area (Å²) in [6.07, 6.45) is -1.55. The highest BCUT2D eigenvalue weighted by Crippen LogP contribution is 2.45. The number of carbonyl (C=O) groups is 3. The van der Waals surface area contributed by atoms with Crippen LogP contribution in [0.4, 0.5) is 20.2 Å². The fourth-order valence-electron chi connectivity index (χ4n) is 6.80. The molecule has 2 aliphatic heterocycles. The maximum atomic E-state index is 14.9. The van der Waals surface area contributed by atoms with Crippen molar-refractivity contribution in [3.05, 3.63) is 78.4 Å². The minimum Gasteiger partial charge on any atom is -0.423 e. The molecule has 0 bridgehead atoms. The zero-order valence-corrected chi connectivity index (χ0v) is 29.1. The summed E-state index contributed by atoms with van der Waals surface area (Å²) in [5, 5.41) is 0. The van der Waals surface area contributed by atoms with Crippen molar-refractivity contribution in [2.24, 2.45) is 5.92 Å². The number of hydrogen-bond donors (Lipinski definition) is 0. The van der Waals surface area contributed by atoms with E-state index in [-0.39, 0.29) is 61.5 Å². The number of likely N-dealkylation sites (tertiary alicyclic amines) is 1. The summed E-state index contributed by atoms with van der Waals surface area (Å²) in [5.41, 5.74) is 3.29. The third-order valence-corrected chi connectivity index (χ3v) is 9.46. The lowest BCUT2D eigenvalue weighted by molar-refractivity contribution is -0.192. The molecule has 0 aromatic heterocycles. The van der Waals surface area contributed by atoms with Crippen molar-refractivity contribution >= 4 is 29.1 Å². The Balaban J connectivity index is 1.35. The first kappa shape index (κ1) is 35.5. The molecule has 3 amide bonds. The van der Waals surface area contributed by atoms with Gasteiger partial charge in [0.05, 0.1) is 17.2 Å². The molecule has 3 aromatic carbocycles. The first-order chi connectivity index (χ1) is 23.9. The molecule has 1 saturated carbocycles. The van der Waals surface area contributed by atoms with Gasteiger partial charge in [0.1, 0.15) is 6.61 Å². The number of rotatable bonds is 11. The molecule has 11 heteroatoms. The Labute approximate surface area is 292 Å². The summed E-state index contributed by atoms with van der Waals surface area (Å²) in [4.78, 5) is 45.7. The number of amides is 3. The molecular weight excluding hydrogens is 644 g/mol. The van der Waals surface area contributed by atoms with E-state index in [4.69, 9.17) is 14.2 Å². The number of hydrogen-bond acceptors (Lipinski definition) is 6. The number of fused-ring (bicyclic) bond motifs is 1. The highest BCUT2D eigenvalue weighted by atomic mass is 19.3. The Kier molecular flexibility index (Phi) is 10.3.